The highest BCUT2D eigenvalue weighted by Crippen LogP contribution is 2.31. The first-order valence-corrected chi connectivity index (χ1v) is 11.4. The molecule has 0 saturated carbocycles. The molecule has 10 nitrogen and oxygen atoms in total. The second kappa shape index (κ2) is 9.35. The minimum atomic E-state index is -4.06. The number of rotatable bonds is 7. The van der Waals surface area contributed by atoms with E-state index in [0.717, 1.165) is 6.07 Å². The van der Waals surface area contributed by atoms with Crippen LogP contribution < -0.4 is 19.6 Å². The molecular weight excluding hydrogens is 472 g/mol. The monoisotopic (exact) mass is 488 g/mol. The number of hydrazone groups is 1. The maximum atomic E-state index is 12.7. The van der Waals surface area contributed by atoms with Gasteiger partial charge in [0.1, 0.15) is 18.9 Å². The van der Waals surface area contributed by atoms with Crippen molar-refractivity contribution in [2.45, 2.75) is 4.90 Å². The number of benzene rings is 3. The van der Waals surface area contributed by atoms with Crippen LogP contribution in [0.15, 0.2) is 70.7 Å². The summed E-state index contributed by atoms with van der Waals surface area (Å²) in [5, 5.41) is 16.0. The molecule has 1 aliphatic heterocycles. The molecule has 3 aromatic carbocycles. The van der Waals surface area contributed by atoms with Crippen LogP contribution in [0, 0.1) is 10.1 Å². The number of anilines is 2. The summed E-state index contributed by atoms with van der Waals surface area (Å²) in [4.78, 5) is 10.6. The molecule has 0 unspecified atom stereocenters. The lowest BCUT2D eigenvalue weighted by Gasteiger charge is -2.18. The highest BCUT2D eigenvalue weighted by molar-refractivity contribution is 7.92. The van der Waals surface area contributed by atoms with Crippen molar-refractivity contribution < 1.29 is 22.8 Å². The molecule has 3 aromatic rings. The van der Waals surface area contributed by atoms with E-state index in [1.165, 1.54) is 42.6 Å². The first kappa shape index (κ1) is 22.4. The minimum Gasteiger partial charge on any atom is -0.486 e. The molecule has 1 aliphatic rings. The number of ether oxygens (including phenoxy) is 2. The van der Waals surface area contributed by atoms with Gasteiger partial charge in [0.05, 0.1) is 16.0 Å². The van der Waals surface area contributed by atoms with Crippen molar-refractivity contribution in [3.8, 4) is 11.5 Å². The van der Waals surface area contributed by atoms with Crippen LogP contribution in [0.1, 0.15) is 5.56 Å². The summed E-state index contributed by atoms with van der Waals surface area (Å²) in [7, 11) is -4.06. The fourth-order valence-corrected chi connectivity index (χ4v) is 4.18. The number of nitrogens with zero attached hydrogens (tertiary/aromatic N) is 2. The molecule has 0 aromatic heterocycles. The molecule has 2 N–H and O–H groups in total. The fraction of sp³-hybridized carbons (Fsp3) is 0.0952. The van der Waals surface area contributed by atoms with E-state index in [4.69, 9.17) is 21.1 Å². The number of nitrogens with one attached hydrogen (secondary N) is 2. The number of sulfonamides is 1. The third kappa shape index (κ3) is 5.33. The molecule has 0 saturated heterocycles. The zero-order chi connectivity index (χ0) is 23.4. The Labute approximate surface area is 194 Å². The Morgan fingerprint density at radius 2 is 1.73 bits per heavy atom. The number of hydrogen-bond donors (Lipinski definition) is 2. The highest BCUT2D eigenvalue weighted by Gasteiger charge is 2.21. The highest BCUT2D eigenvalue weighted by atomic mass is 35.5. The van der Waals surface area contributed by atoms with E-state index < -0.39 is 20.6 Å². The first-order chi connectivity index (χ1) is 15.8. The molecule has 0 fully saturated rings. The maximum absolute atomic E-state index is 12.7. The third-order valence-electron chi connectivity index (χ3n) is 4.54. The Hall–Kier alpha value is -3.83. The van der Waals surface area contributed by atoms with Crippen LogP contribution >= 0.6 is 11.6 Å². The van der Waals surface area contributed by atoms with E-state index >= 15 is 0 Å². The maximum Gasteiger partial charge on any atom is 0.295 e. The average molecular weight is 489 g/mol. The smallest absolute Gasteiger partial charge is 0.295 e. The van der Waals surface area contributed by atoms with Crippen molar-refractivity contribution in [3.63, 3.8) is 0 Å². The molecule has 4 rings (SSSR count). The lowest BCUT2D eigenvalue weighted by molar-refractivity contribution is -0.384. The van der Waals surface area contributed by atoms with Gasteiger partial charge in [-0.2, -0.15) is 5.10 Å². The molecule has 0 amide bonds. The van der Waals surface area contributed by atoms with Gasteiger partial charge in [0, 0.05) is 16.8 Å². The molecule has 0 spiro atoms. The molecule has 170 valence electrons. The predicted molar refractivity (Wildman–Crippen MR) is 124 cm³/mol. The van der Waals surface area contributed by atoms with Crippen molar-refractivity contribution in [1.82, 2.24) is 0 Å². The van der Waals surface area contributed by atoms with Crippen LogP contribution in [-0.2, 0) is 10.0 Å². The summed E-state index contributed by atoms with van der Waals surface area (Å²) < 4.78 is 38.6. The summed E-state index contributed by atoms with van der Waals surface area (Å²) in [5.74, 6) is 1.21. The van der Waals surface area contributed by atoms with Gasteiger partial charge in [-0.05, 0) is 60.2 Å². The van der Waals surface area contributed by atoms with Crippen molar-refractivity contribution in [3.05, 3.63) is 81.4 Å². The van der Waals surface area contributed by atoms with Gasteiger partial charge >= 0.3 is 0 Å². The standard InChI is InChI=1S/C21H17ClN4O6S/c22-15-2-4-16(5-3-15)25-33(29,30)17-6-7-18(19(12-17)26(27)28)24-23-13-14-1-8-20-21(11-14)32-10-9-31-20/h1-8,11-13,24-25H,9-10H2/b23-13+. The fourth-order valence-electron chi connectivity index (χ4n) is 2.97. The number of nitro benzene ring substituents is 1. The van der Waals surface area contributed by atoms with E-state index in [9.17, 15) is 18.5 Å². The Morgan fingerprint density at radius 1 is 1.00 bits per heavy atom. The van der Waals surface area contributed by atoms with Gasteiger partial charge < -0.3 is 9.47 Å². The normalized spacial score (nSPS) is 13.0. The van der Waals surface area contributed by atoms with E-state index in [1.54, 1.807) is 18.2 Å². The minimum absolute atomic E-state index is 0.0271. The van der Waals surface area contributed by atoms with Gasteiger partial charge in [-0.25, -0.2) is 8.42 Å². The number of fused-ring (bicyclic) bond motifs is 1. The SMILES string of the molecule is O=[N+]([O-])c1cc(S(=O)(=O)Nc2ccc(Cl)cc2)ccc1N/N=C/c1ccc2c(c1)OCCO2. The summed E-state index contributed by atoms with van der Waals surface area (Å²) in [6.07, 6.45) is 1.45. The molecule has 0 atom stereocenters. The van der Waals surface area contributed by atoms with Crippen LogP contribution in [0.5, 0.6) is 11.5 Å². The van der Waals surface area contributed by atoms with Crippen LogP contribution in [-0.4, -0.2) is 32.8 Å². The third-order valence-corrected chi connectivity index (χ3v) is 6.17. The zero-order valence-electron chi connectivity index (χ0n) is 16.9. The summed E-state index contributed by atoms with van der Waals surface area (Å²) in [6.45, 7) is 0.923. The largest absolute Gasteiger partial charge is 0.486 e. The molecule has 0 radical (unpaired) electrons. The summed E-state index contributed by atoms with van der Waals surface area (Å²) in [5.41, 5.74) is 3.11. The van der Waals surface area contributed by atoms with Crippen LogP contribution in [0.3, 0.4) is 0 Å². The van der Waals surface area contributed by atoms with Gasteiger partial charge in [-0.3, -0.25) is 20.3 Å². The van der Waals surface area contributed by atoms with Gasteiger partial charge in [-0.15, -0.1) is 0 Å². The molecule has 0 aliphatic carbocycles. The predicted octanol–water partition coefficient (Wildman–Crippen LogP) is 4.27. The van der Waals surface area contributed by atoms with E-state index in [2.05, 4.69) is 15.2 Å². The summed E-state index contributed by atoms with van der Waals surface area (Å²) >= 11 is 5.80. The van der Waals surface area contributed by atoms with E-state index in [0.29, 0.717) is 35.3 Å². The van der Waals surface area contributed by atoms with Crippen molar-refractivity contribution in [1.29, 1.82) is 0 Å². The molecule has 0 bridgehead atoms. The van der Waals surface area contributed by atoms with Gasteiger partial charge in [0.15, 0.2) is 11.5 Å². The van der Waals surface area contributed by atoms with Gasteiger partial charge in [-0.1, -0.05) is 11.6 Å². The Kier molecular flexibility index (Phi) is 6.33. The van der Waals surface area contributed by atoms with Crippen LogP contribution in [0.4, 0.5) is 17.1 Å². The Bertz CT molecular complexity index is 1330. The van der Waals surface area contributed by atoms with Crippen molar-refractivity contribution in [2.24, 2.45) is 5.10 Å². The topological polar surface area (TPSA) is 132 Å². The number of nitro groups is 1. The second-order valence-corrected chi connectivity index (χ2v) is 8.94. The first-order valence-electron chi connectivity index (χ1n) is 9.57. The summed E-state index contributed by atoms with van der Waals surface area (Å²) in [6, 6.07) is 14.7. The second-order valence-electron chi connectivity index (χ2n) is 6.82. The average Bonchev–Trinajstić information content (AvgIpc) is 2.80. The zero-order valence-corrected chi connectivity index (χ0v) is 18.5. The van der Waals surface area contributed by atoms with Crippen LogP contribution in [0.25, 0.3) is 0 Å². The van der Waals surface area contributed by atoms with Gasteiger partial charge in [0.25, 0.3) is 15.7 Å². The van der Waals surface area contributed by atoms with Gasteiger partial charge in [0.2, 0.25) is 0 Å². The lowest BCUT2D eigenvalue weighted by Crippen LogP contribution is -2.15. The Balaban J connectivity index is 1.53. The number of hydrogen-bond acceptors (Lipinski definition) is 8. The molecule has 12 heteroatoms. The van der Waals surface area contributed by atoms with Crippen molar-refractivity contribution in [2.75, 3.05) is 23.4 Å². The van der Waals surface area contributed by atoms with E-state index in [-0.39, 0.29) is 16.3 Å². The Morgan fingerprint density at radius 3 is 2.45 bits per heavy atom. The molecule has 1 heterocycles. The molecular formula is C21H17ClN4O6S. The lowest BCUT2D eigenvalue weighted by atomic mass is 10.2. The van der Waals surface area contributed by atoms with Crippen molar-refractivity contribution >= 4 is 44.9 Å². The van der Waals surface area contributed by atoms with Crippen LogP contribution in [0.2, 0.25) is 5.02 Å². The molecule has 33 heavy (non-hydrogen) atoms. The van der Waals surface area contributed by atoms with E-state index in [1.807, 2.05) is 0 Å². The quantitative estimate of drug-likeness (QED) is 0.288. The number of halogens is 1.